The van der Waals surface area contributed by atoms with Crippen LogP contribution in [0, 0.1) is 5.41 Å². The first-order chi connectivity index (χ1) is 9.11. The smallest absolute Gasteiger partial charge is 0.310 e. The Kier molecular flexibility index (Phi) is 4.81. The highest BCUT2D eigenvalue weighted by molar-refractivity contribution is 5.75. The summed E-state index contributed by atoms with van der Waals surface area (Å²) < 4.78 is 10.8. The van der Waals surface area contributed by atoms with Crippen LogP contribution in [-0.2, 0) is 14.3 Å². The molecule has 2 atom stereocenters. The second kappa shape index (κ2) is 6.20. The number of rotatable bonds is 5. The maximum atomic E-state index is 11.7. The molecule has 1 aliphatic carbocycles. The molecule has 1 aliphatic heterocycles. The first-order valence-electron chi connectivity index (χ1n) is 7.12. The molecule has 5 nitrogen and oxygen atoms in total. The highest BCUT2D eigenvalue weighted by Crippen LogP contribution is 2.38. The van der Waals surface area contributed by atoms with E-state index in [0.717, 1.165) is 45.2 Å². The second-order valence-electron chi connectivity index (χ2n) is 5.89. The summed E-state index contributed by atoms with van der Waals surface area (Å²) in [5, 5.41) is 9.61. The Morgan fingerprint density at radius 3 is 2.11 bits per heavy atom. The van der Waals surface area contributed by atoms with E-state index in [4.69, 9.17) is 9.47 Å². The van der Waals surface area contributed by atoms with Gasteiger partial charge in [0.25, 0.3) is 0 Å². The van der Waals surface area contributed by atoms with Gasteiger partial charge in [-0.1, -0.05) is 19.3 Å². The molecule has 5 heteroatoms. The molecule has 1 N–H and O–H groups in total. The first-order valence-corrected chi connectivity index (χ1v) is 7.12. The van der Waals surface area contributed by atoms with E-state index in [2.05, 4.69) is 4.90 Å². The third-order valence-electron chi connectivity index (χ3n) is 4.69. The van der Waals surface area contributed by atoms with E-state index >= 15 is 0 Å². The van der Waals surface area contributed by atoms with Crippen LogP contribution >= 0.6 is 0 Å². The van der Waals surface area contributed by atoms with Crippen LogP contribution in [0.1, 0.15) is 32.1 Å². The second-order valence-corrected chi connectivity index (χ2v) is 5.89. The van der Waals surface area contributed by atoms with Gasteiger partial charge >= 0.3 is 5.97 Å². The number of aliphatic carboxylic acids is 1. The summed E-state index contributed by atoms with van der Waals surface area (Å²) in [6.45, 7) is 2.16. The molecular weight excluding hydrogens is 246 g/mol. The van der Waals surface area contributed by atoms with Gasteiger partial charge in [-0.15, -0.1) is 0 Å². The summed E-state index contributed by atoms with van der Waals surface area (Å²) in [5.74, 6) is -0.637. The Labute approximate surface area is 114 Å². The molecule has 110 valence electrons. The van der Waals surface area contributed by atoms with Gasteiger partial charge in [0, 0.05) is 33.9 Å². The van der Waals surface area contributed by atoms with Crippen molar-refractivity contribution in [1.29, 1.82) is 0 Å². The molecule has 0 aromatic rings. The molecule has 2 aliphatic rings. The van der Waals surface area contributed by atoms with Crippen LogP contribution in [0.25, 0.3) is 0 Å². The van der Waals surface area contributed by atoms with Crippen molar-refractivity contribution in [2.24, 2.45) is 5.41 Å². The maximum absolute atomic E-state index is 11.7. The fourth-order valence-electron chi connectivity index (χ4n) is 3.50. The third kappa shape index (κ3) is 3.09. The summed E-state index contributed by atoms with van der Waals surface area (Å²) in [6, 6.07) is 0. The standard InChI is InChI=1S/C14H25NO4/c1-18-11-8-15(9-12(11)19-2)10-14(13(16)17)6-4-3-5-7-14/h11-12H,3-10H2,1-2H3,(H,16,17). The van der Waals surface area contributed by atoms with Gasteiger partial charge in [-0.3, -0.25) is 9.69 Å². The van der Waals surface area contributed by atoms with Crippen LogP contribution in [-0.4, -0.2) is 62.0 Å². The predicted octanol–water partition coefficient (Wildman–Crippen LogP) is 1.37. The Morgan fingerprint density at radius 2 is 1.68 bits per heavy atom. The molecule has 0 radical (unpaired) electrons. The quantitative estimate of drug-likeness (QED) is 0.818. The Hall–Kier alpha value is -0.650. The number of carbonyl (C=O) groups is 1. The van der Waals surface area contributed by atoms with Gasteiger partial charge in [-0.05, 0) is 12.8 Å². The van der Waals surface area contributed by atoms with Crippen LogP contribution in [0.5, 0.6) is 0 Å². The molecule has 0 spiro atoms. The fourth-order valence-corrected chi connectivity index (χ4v) is 3.50. The zero-order valence-electron chi connectivity index (χ0n) is 11.9. The van der Waals surface area contributed by atoms with Crippen LogP contribution in [0.4, 0.5) is 0 Å². The highest BCUT2D eigenvalue weighted by atomic mass is 16.5. The zero-order valence-corrected chi connectivity index (χ0v) is 11.9. The summed E-state index contributed by atoms with van der Waals surface area (Å²) in [6.07, 6.45) is 4.93. The lowest BCUT2D eigenvalue weighted by molar-refractivity contribution is -0.152. The topological polar surface area (TPSA) is 59.0 Å². The Morgan fingerprint density at radius 1 is 1.16 bits per heavy atom. The molecule has 1 saturated heterocycles. The van der Waals surface area contributed by atoms with E-state index in [9.17, 15) is 9.90 Å². The van der Waals surface area contributed by atoms with E-state index in [0.29, 0.717) is 6.54 Å². The van der Waals surface area contributed by atoms with Gasteiger partial charge in [-0.25, -0.2) is 0 Å². The summed E-state index contributed by atoms with van der Waals surface area (Å²) in [5.41, 5.74) is -0.556. The third-order valence-corrected chi connectivity index (χ3v) is 4.69. The number of likely N-dealkylation sites (tertiary alicyclic amines) is 1. The van der Waals surface area contributed by atoms with Crippen molar-refractivity contribution in [1.82, 2.24) is 4.90 Å². The number of ether oxygens (including phenoxy) is 2. The van der Waals surface area contributed by atoms with Crippen molar-refractivity contribution in [2.45, 2.75) is 44.3 Å². The number of carboxylic acids is 1. The van der Waals surface area contributed by atoms with Gasteiger partial charge in [0.15, 0.2) is 0 Å². The maximum Gasteiger partial charge on any atom is 0.310 e. The monoisotopic (exact) mass is 271 g/mol. The van der Waals surface area contributed by atoms with Gasteiger partial charge in [0.2, 0.25) is 0 Å². The SMILES string of the molecule is COC1CN(CC2(C(=O)O)CCCCC2)CC1OC. The van der Waals surface area contributed by atoms with E-state index in [-0.39, 0.29) is 12.2 Å². The Bertz CT molecular complexity index is 303. The van der Waals surface area contributed by atoms with Crippen molar-refractivity contribution < 1.29 is 19.4 Å². The lowest BCUT2D eigenvalue weighted by atomic mass is 9.73. The molecular formula is C14H25NO4. The summed E-state index contributed by atoms with van der Waals surface area (Å²) >= 11 is 0. The minimum Gasteiger partial charge on any atom is -0.481 e. The molecule has 19 heavy (non-hydrogen) atoms. The fraction of sp³-hybridized carbons (Fsp3) is 0.929. The van der Waals surface area contributed by atoms with Gasteiger partial charge in [0.05, 0.1) is 17.6 Å². The number of carboxylic acid groups (broad SMARTS) is 1. The minimum absolute atomic E-state index is 0.0550. The predicted molar refractivity (Wildman–Crippen MR) is 71.2 cm³/mol. The molecule has 0 aromatic carbocycles. The average Bonchev–Trinajstić information content (AvgIpc) is 2.81. The number of hydrogen-bond donors (Lipinski definition) is 1. The van der Waals surface area contributed by atoms with Crippen molar-refractivity contribution >= 4 is 5.97 Å². The van der Waals surface area contributed by atoms with Crippen LogP contribution in [0.3, 0.4) is 0 Å². The highest BCUT2D eigenvalue weighted by Gasteiger charge is 2.44. The largest absolute Gasteiger partial charge is 0.481 e. The molecule has 2 unspecified atom stereocenters. The summed E-state index contributed by atoms with van der Waals surface area (Å²) in [7, 11) is 3.38. The van der Waals surface area contributed by atoms with Crippen molar-refractivity contribution in [3.63, 3.8) is 0 Å². The minimum atomic E-state index is -0.637. The normalized spacial score (nSPS) is 31.5. The molecule has 2 fully saturated rings. The number of methoxy groups -OCH3 is 2. The lowest BCUT2D eigenvalue weighted by Gasteiger charge is -2.36. The molecule has 2 rings (SSSR count). The molecule has 0 aromatic heterocycles. The number of hydrogen-bond acceptors (Lipinski definition) is 4. The zero-order chi connectivity index (χ0) is 13.9. The molecule has 0 bridgehead atoms. The van der Waals surface area contributed by atoms with Gasteiger partial charge < -0.3 is 14.6 Å². The van der Waals surface area contributed by atoms with Crippen molar-refractivity contribution in [3.8, 4) is 0 Å². The molecule has 1 saturated carbocycles. The van der Waals surface area contributed by atoms with Gasteiger partial charge in [-0.2, -0.15) is 0 Å². The van der Waals surface area contributed by atoms with Gasteiger partial charge in [0.1, 0.15) is 0 Å². The first kappa shape index (κ1) is 14.8. The Balaban J connectivity index is 2.00. The lowest BCUT2D eigenvalue weighted by Crippen LogP contribution is -2.44. The molecule has 0 amide bonds. The van der Waals surface area contributed by atoms with Crippen molar-refractivity contribution in [3.05, 3.63) is 0 Å². The average molecular weight is 271 g/mol. The van der Waals surface area contributed by atoms with E-state index in [1.165, 1.54) is 0 Å². The van der Waals surface area contributed by atoms with E-state index < -0.39 is 11.4 Å². The van der Waals surface area contributed by atoms with Crippen LogP contribution in [0.15, 0.2) is 0 Å². The van der Waals surface area contributed by atoms with E-state index in [1.54, 1.807) is 14.2 Å². The van der Waals surface area contributed by atoms with Crippen molar-refractivity contribution in [2.75, 3.05) is 33.9 Å². The van der Waals surface area contributed by atoms with Crippen LogP contribution < -0.4 is 0 Å². The van der Waals surface area contributed by atoms with E-state index in [1.807, 2.05) is 0 Å². The molecule has 1 heterocycles. The summed E-state index contributed by atoms with van der Waals surface area (Å²) in [4.78, 5) is 13.9. The number of nitrogens with zero attached hydrogens (tertiary/aromatic N) is 1. The van der Waals surface area contributed by atoms with Crippen LogP contribution in [0.2, 0.25) is 0 Å².